The highest BCUT2D eigenvalue weighted by molar-refractivity contribution is 6.43. The standard InChI is InChI=1S/C13H5Cl2F3N4O.C11H8Cl2N4O.C11H5Cl2N3/c14-7-2-1-6(3-8(7)15)9-4-10(20-5-19-9)11-21-12(23-22-11)13(16,17)18;12-7-2-1-6(3-8(7)13)9-4-10(11(14)17-18)16-5-15-9;12-9-2-1-7(3-10(9)13)11-4-8(5-14)15-6-16-11/h1-5H;1-5,18H,(H2,14,17);1-4,6H. The molecule has 22 heteroatoms. The summed E-state index contributed by atoms with van der Waals surface area (Å²) in [5.41, 5.74) is 10.0. The summed E-state index contributed by atoms with van der Waals surface area (Å²) in [5, 5.41) is 26.0. The molecular formula is C35H18Cl6F3N11O2. The van der Waals surface area contributed by atoms with E-state index < -0.39 is 12.1 Å². The van der Waals surface area contributed by atoms with Gasteiger partial charge in [-0.3, -0.25) is 0 Å². The first-order valence-corrected chi connectivity index (χ1v) is 17.5. The fourth-order valence-electron chi connectivity index (χ4n) is 4.33. The second-order valence-corrected chi connectivity index (χ2v) is 13.2. The van der Waals surface area contributed by atoms with Crippen molar-refractivity contribution < 1.29 is 22.9 Å². The molecule has 7 rings (SSSR count). The smallest absolute Gasteiger partial charge is 0.409 e. The van der Waals surface area contributed by atoms with Crippen LogP contribution in [-0.4, -0.2) is 51.1 Å². The summed E-state index contributed by atoms with van der Waals surface area (Å²) >= 11 is 35.2. The highest BCUT2D eigenvalue weighted by atomic mass is 35.5. The van der Waals surface area contributed by atoms with Gasteiger partial charge in [0.05, 0.1) is 47.2 Å². The van der Waals surface area contributed by atoms with Gasteiger partial charge in [0, 0.05) is 22.8 Å². The predicted molar refractivity (Wildman–Crippen MR) is 208 cm³/mol. The molecular weight excluding hydrogens is 876 g/mol. The first-order valence-electron chi connectivity index (χ1n) is 15.3. The number of nitrogens with zero attached hydrogens (tertiary/aromatic N) is 10. The van der Waals surface area contributed by atoms with E-state index in [1.165, 1.54) is 25.0 Å². The summed E-state index contributed by atoms with van der Waals surface area (Å²) in [4.78, 5) is 27.0. The summed E-state index contributed by atoms with van der Waals surface area (Å²) < 4.78 is 41.6. The van der Waals surface area contributed by atoms with E-state index in [2.05, 4.69) is 49.7 Å². The Morgan fingerprint density at radius 2 is 1.09 bits per heavy atom. The summed E-state index contributed by atoms with van der Waals surface area (Å²) in [6, 6.07) is 21.7. The first kappa shape index (κ1) is 42.5. The molecule has 0 spiro atoms. The zero-order chi connectivity index (χ0) is 41.3. The predicted octanol–water partition coefficient (Wildman–Crippen LogP) is 10.4. The van der Waals surface area contributed by atoms with Crippen molar-refractivity contribution in [3.05, 3.63) is 139 Å². The molecule has 0 atom stereocenters. The van der Waals surface area contributed by atoms with E-state index in [9.17, 15) is 13.2 Å². The lowest BCUT2D eigenvalue weighted by atomic mass is 10.1. The zero-order valence-electron chi connectivity index (χ0n) is 28.0. The molecule has 0 bridgehead atoms. The lowest BCUT2D eigenvalue weighted by Gasteiger charge is -2.04. The molecule has 288 valence electrons. The van der Waals surface area contributed by atoms with E-state index >= 15 is 0 Å². The lowest BCUT2D eigenvalue weighted by molar-refractivity contribution is -0.159. The quantitative estimate of drug-likeness (QED) is 0.0718. The third kappa shape index (κ3) is 11.2. The Morgan fingerprint density at radius 1 is 0.632 bits per heavy atom. The molecule has 0 unspecified atom stereocenters. The number of aromatic nitrogens is 8. The summed E-state index contributed by atoms with van der Waals surface area (Å²) in [6.45, 7) is 0. The van der Waals surface area contributed by atoms with Crippen LogP contribution in [-0.2, 0) is 6.18 Å². The molecule has 4 aromatic heterocycles. The van der Waals surface area contributed by atoms with Gasteiger partial charge in [0.25, 0.3) is 0 Å². The minimum atomic E-state index is -4.72. The van der Waals surface area contributed by atoms with Gasteiger partial charge < -0.3 is 15.5 Å². The lowest BCUT2D eigenvalue weighted by Crippen LogP contribution is -2.15. The van der Waals surface area contributed by atoms with Crippen molar-refractivity contribution in [3.63, 3.8) is 0 Å². The maximum Gasteiger partial charge on any atom is 0.471 e. The topological polar surface area (TPSA) is 199 Å². The van der Waals surface area contributed by atoms with Crippen molar-refractivity contribution in [1.82, 2.24) is 40.0 Å². The Bertz CT molecular complexity index is 2620. The highest BCUT2D eigenvalue weighted by Crippen LogP contribution is 2.32. The minimum absolute atomic E-state index is 0.0836. The fourth-order valence-corrected chi connectivity index (χ4v) is 5.22. The summed E-state index contributed by atoms with van der Waals surface area (Å²) in [7, 11) is 0. The van der Waals surface area contributed by atoms with Crippen LogP contribution in [0.5, 0.6) is 0 Å². The molecule has 57 heavy (non-hydrogen) atoms. The van der Waals surface area contributed by atoms with E-state index in [-0.39, 0.29) is 17.4 Å². The Hall–Kier alpha value is -5.67. The largest absolute Gasteiger partial charge is 0.471 e. The van der Waals surface area contributed by atoms with E-state index in [0.29, 0.717) is 64.2 Å². The molecule has 0 saturated carbocycles. The fraction of sp³-hybridized carbons (Fsp3) is 0.0286. The molecule has 0 radical (unpaired) electrons. The van der Waals surface area contributed by atoms with Gasteiger partial charge in [0.15, 0.2) is 5.84 Å². The van der Waals surface area contributed by atoms with Gasteiger partial charge in [-0.05, 0) is 48.5 Å². The number of nitriles is 1. The number of benzene rings is 3. The van der Waals surface area contributed by atoms with Crippen molar-refractivity contribution in [3.8, 4) is 51.4 Å². The van der Waals surface area contributed by atoms with Gasteiger partial charge in [0.2, 0.25) is 5.82 Å². The average molecular weight is 894 g/mol. The molecule has 0 aliphatic heterocycles. The van der Waals surface area contributed by atoms with Gasteiger partial charge >= 0.3 is 12.1 Å². The van der Waals surface area contributed by atoms with Crippen LogP contribution in [0.25, 0.3) is 45.3 Å². The van der Waals surface area contributed by atoms with E-state index in [1.54, 1.807) is 66.7 Å². The number of hydrogen-bond acceptors (Lipinski definition) is 12. The van der Waals surface area contributed by atoms with Crippen molar-refractivity contribution in [1.29, 1.82) is 5.26 Å². The van der Waals surface area contributed by atoms with Crippen LogP contribution < -0.4 is 5.73 Å². The number of alkyl halides is 3. The zero-order valence-corrected chi connectivity index (χ0v) is 32.5. The monoisotopic (exact) mass is 891 g/mol. The van der Waals surface area contributed by atoms with Crippen molar-refractivity contribution in [2.24, 2.45) is 10.9 Å². The van der Waals surface area contributed by atoms with Crippen LogP contribution in [0.2, 0.25) is 30.1 Å². The average Bonchev–Trinajstić information content (AvgIpc) is 3.73. The van der Waals surface area contributed by atoms with Gasteiger partial charge in [-0.1, -0.05) is 98.1 Å². The molecule has 0 fully saturated rings. The van der Waals surface area contributed by atoms with Crippen molar-refractivity contribution in [2.75, 3.05) is 0 Å². The van der Waals surface area contributed by atoms with Crippen LogP contribution in [0.1, 0.15) is 17.3 Å². The van der Waals surface area contributed by atoms with Gasteiger partial charge in [-0.25, -0.2) is 29.9 Å². The number of hydrogen-bond donors (Lipinski definition) is 2. The number of nitrogens with two attached hydrogens (primary N) is 1. The van der Waals surface area contributed by atoms with Crippen LogP contribution in [0.4, 0.5) is 13.2 Å². The van der Waals surface area contributed by atoms with E-state index in [1.807, 2.05) is 6.07 Å². The van der Waals surface area contributed by atoms with Crippen LogP contribution >= 0.6 is 69.6 Å². The second-order valence-electron chi connectivity index (χ2n) is 10.8. The molecule has 3 N–H and O–H groups in total. The maximum absolute atomic E-state index is 12.5. The molecule has 3 aromatic carbocycles. The molecule has 0 saturated heterocycles. The Balaban J connectivity index is 0.000000166. The molecule has 0 aliphatic rings. The van der Waals surface area contributed by atoms with E-state index in [0.717, 1.165) is 11.1 Å². The normalized spacial score (nSPS) is 11.1. The first-order chi connectivity index (χ1) is 27.2. The molecule has 4 heterocycles. The van der Waals surface area contributed by atoms with Crippen LogP contribution in [0, 0.1) is 11.3 Å². The number of oxime groups is 1. The molecule has 7 aromatic rings. The summed E-state index contributed by atoms with van der Waals surface area (Å²) in [6.07, 6.45) is -0.872. The van der Waals surface area contributed by atoms with Gasteiger partial charge in [0.1, 0.15) is 42.1 Å². The number of rotatable bonds is 5. The third-order valence-corrected chi connectivity index (χ3v) is 9.25. The molecule has 0 aliphatic carbocycles. The Morgan fingerprint density at radius 3 is 1.54 bits per heavy atom. The minimum Gasteiger partial charge on any atom is -0.409 e. The highest BCUT2D eigenvalue weighted by Gasteiger charge is 2.38. The maximum atomic E-state index is 12.5. The number of amidine groups is 1. The van der Waals surface area contributed by atoms with Crippen molar-refractivity contribution in [2.45, 2.75) is 6.18 Å². The Labute approximate surface area is 349 Å². The molecule has 13 nitrogen and oxygen atoms in total. The van der Waals surface area contributed by atoms with E-state index in [4.69, 9.17) is 85.8 Å². The third-order valence-electron chi connectivity index (χ3n) is 7.03. The van der Waals surface area contributed by atoms with Gasteiger partial charge in [-0.15, -0.1) is 0 Å². The number of halogens is 9. The van der Waals surface area contributed by atoms with Crippen LogP contribution in [0.3, 0.4) is 0 Å². The SMILES string of the molecule is FC(F)(F)c1nc(-c2cc(-c3ccc(Cl)c(Cl)c3)ncn2)no1.N#Cc1cc(-c2ccc(Cl)c(Cl)c2)ncn1.N/C(=N\O)c1cc(-c2ccc(Cl)c(Cl)c2)ncn1. The van der Waals surface area contributed by atoms with Crippen molar-refractivity contribution >= 4 is 75.4 Å². The Kier molecular flexibility index (Phi) is 14.1. The summed E-state index contributed by atoms with van der Waals surface area (Å²) in [5.74, 6) is -1.82. The second kappa shape index (κ2) is 19.0. The van der Waals surface area contributed by atoms with Gasteiger partial charge in [-0.2, -0.15) is 23.4 Å². The van der Waals surface area contributed by atoms with Crippen LogP contribution in [0.15, 0.2) is 101 Å². The molecule has 0 amide bonds.